The van der Waals surface area contributed by atoms with E-state index in [0.717, 1.165) is 24.0 Å². The van der Waals surface area contributed by atoms with Crippen LogP contribution in [0.25, 0.3) is 0 Å². The third kappa shape index (κ3) is 5.34. The molecule has 23 heavy (non-hydrogen) atoms. The van der Waals surface area contributed by atoms with Gasteiger partial charge in [0.05, 0.1) is 20.6 Å². The minimum Gasteiger partial charge on any atom is -0.387 e. The second-order valence-electron chi connectivity index (χ2n) is 6.85. The molecule has 1 N–H and O–H groups in total. The molecule has 0 aromatic heterocycles. The van der Waals surface area contributed by atoms with Crippen molar-refractivity contribution in [2.24, 2.45) is 0 Å². The lowest BCUT2D eigenvalue weighted by atomic mass is 9.86. The fourth-order valence-corrected chi connectivity index (χ4v) is 3.18. The molecule has 0 saturated heterocycles. The van der Waals surface area contributed by atoms with Crippen molar-refractivity contribution in [2.75, 3.05) is 27.2 Å². The Morgan fingerprint density at radius 1 is 0.957 bits per heavy atom. The van der Waals surface area contributed by atoms with Crippen LogP contribution in [0, 0.1) is 0 Å². The van der Waals surface area contributed by atoms with Crippen molar-refractivity contribution in [3.63, 3.8) is 0 Å². The zero-order valence-electron chi connectivity index (χ0n) is 14.2. The molecule has 2 nitrogen and oxygen atoms in total. The summed E-state index contributed by atoms with van der Waals surface area (Å²) in [5.41, 5.74) is 2.51. The van der Waals surface area contributed by atoms with Crippen LogP contribution in [0.3, 0.4) is 0 Å². The summed E-state index contributed by atoms with van der Waals surface area (Å²) in [5.74, 6) is 0.219. The maximum Gasteiger partial charge on any atom is 0.105 e. The van der Waals surface area contributed by atoms with Crippen molar-refractivity contribution in [1.29, 1.82) is 0 Å². The van der Waals surface area contributed by atoms with Crippen molar-refractivity contribution in [3.8, 4) is 0 Å². The second kappa shape index (κ2) is 8.09. The Morgan fingerprint density at radius 3 is 1.87 bits per heavy atom. The van der Waals surface area contributed by atoms with Crippen LogP contribution in [-0.4, -0.2) is 42.9 Å². The fourth-order valence-electron chi connectivity index (χ4n) is 3.18. The molecule has 0 aliphatic rings. The maximum atomic E-state index is 10.7. The Labute approximate surface area is 140 Å². The van der Waals surface area contributed by atoms with Gasteiger partial charge in [-0.05, 0) is 23.6 Å². The van der Waals surface area contributed by atoms with Crippen molar-refractivity contribution in [3.05, 3.63) is 84.4 Å². The van der Waals surface area contributed by atoms with E-state index in [9.17, 15) is 5.11 Å². The zero-order chi connectivity index (χ0) is 16.7. The Bertz CT molecular complexity index is 552. The number of hydrogen-bond acceptors (Lipinski definition) is 1. The summed E-state index contributed by atoms with van der Waals surface area (Å²) in [6, 6.07) is 20.9. The van der Waals surface area contributed by atoms with Crippen LogP contribution in [0.2, 0.25) is 0 Å². The van der Waals surface area contributed by atoms with Crippen LogP contribution >= 0.6 is 0 Å². The van der Waals surface area contributed by atoms with Gasteiger partial charge in [-0.25, -0.2) is 0 Å². The predicted octanol–water partition coefficient (Wildman–Crippen LogP) is 3.83. The van der Waals surface area contributed by atoms with E-state index < -0.39 is 0 Å². The Morgan fingerprint density at radius 2 is 1.43 bits per heavy atom. The molecular formula is C21H28NO+. The normalized spacial score (nSPS) is 13.0. The van der Waals surface area contributed by atoms with Crippen molar-refractivity contribution in [1.82, 2.24) is 0 Å². The van der Waals surface area contributed by atoms with E-state index in [4.69, 9.17) is 0 Å². The molecular weight excluding hydrogens is 282 g/mol. The van der Waals surface area contributed by atoms with Crippen LogP contribution in [0.1, 0.15) is 23.5 Å². The highest BCUT2D eigenvalue weighted by Gasteiger charge is 2.24. The van der Waals surface area contributed by atoms with Gasteiger partial charge < -0.3 is 9.59 Å². The van der Waals surface area contributed by atoms with Crippen LogP contribution in [0.5, 0.6) is 0 Å². The van der Waals surface area contributed by atoms with Gasteiger partial charge in [-0.15, -0.1) is 0 Å². The van der Waals surface area contributed by atoms with Gasteiger partial charge in [-0.3, -0.25) is 0 Å². The standard InChI is InChI=1S/C21H28NO/c1-4-15-22(2,3)17-20(23)16-21(18-11-7-5-8-12-18)19-13-9-6-10-14-19/h4-14,20-21,23H,1,15-17H2,2-3H3/q+1. The van der Waals surface area contributed by atoms with Crippen molar-refractivity contribution >= 4 is 0 Å². The quantitative estimate of drug-likeness (QED) is 0.580. The highest BCUT2D eigenvalue weighted by molar-refractivity contribution is 5.32. The molecule has 2 heteroatoms. The largest absolute Gasteiger partial charge is 0.387 e. The van der Waals surface area contributed by atoms with E-state index in [0.29, 0.717) is 0 Å². The highest BCUT2D eigenvalue weighted by Crippen LogP contribution is 2.29. The number of likely N-dealkylation sites (N-methyl/N-ethyl adjacent to an activating group) is 1. The molecule has 0 saturated carbocycles. The minimum absolute atomic E-state index is 0.219. The smallest absolute Gasteiger partial charge is 0.105 e. The third-order valence-corrected chi connectivity index (χ3v) is 4.24. The Balaban J connectivity index is 2.17. The van der Waals surface area contributed by atoms with E-state index in [-0.39, 0.29) is 12.0 Å². The summed E-state index contributed by atoms with van der Waals surface area (Å²) in [6.07, 6.45) is 2.29. The van der Waals surface area contributed by atoms with E-state index in [1.807, 2.05) is 18.2 Å². The average molecular weight is 310 g/mol. The van der Waals surface area contributed by atoms with Gasteiger partial charge in [0.15, 0.2) is 0 Å². The van der Waals surface area contributed by atoms with Gasteiger partial charge in [0, 0.05) is 5.92 Å². The number of nitrogens with zero attached hydrogens (tertiary/aromatic N) is 1. The minimum atomic E-state index is -0.352. The van der Waals surface area contributed by atoms with E-state index in [1.165, 1.54) is 11.1 Å². The molecule has 0 radical (unpaired) electrons. The molecule has 0 aliphatic carbocycles. The summed E-state index contributed by atoms with van der Waals surface area (Å²) in [5, 5.41) is 10.7. The average Bonchev–Trinajstić information content (AvgIpc) is 2.53. The van der Waals surface area contributed by atoms with Crippen LogP contribution in [0.15, 0.2) is 73.3 Å². The van der Waals surface area contributed by atoms with Gasteiger partial charge in [0.1, 0.15) is 12.6 Å². The third-order valence-electron chi connectivity index (χ3n) is 4.24. The summed E-state index contributed by atoms with van der Waals surface area (Å²) in [6.45, 7) is 5.40. The first-order valence-electron chi connectivity index (χ1n) is 8.23. The molecule has 1 atom stereocenters. The van der Waals surface area contributed by atoms with Crippen molar-refractivity contribution in [2.45, 2.75) is 18.4 Å². The topological polar surface area (TPSA) is 20.2 Å². The van der Waals surface area contributed by atoms with Crippen molar-refractivity contribution < 1.29 is 9.59 Å². The van der Waals surface area contributed by atoms with Gasteiger partial charge >= 0.3 is 0 Å². The number of hydrogen-bond donors (Lipinski definition) is 1. The maximum absolute atomic E-state index is 10.7. The molecule has 2 aromatic carbocycles. The summed E-state index contributed by atoms with van der Waals surface area (Å²) in [4.78, 5) is 0. The predicted molar refractivity (Wildman–Crippen MR) is 97.4 cm³/mol. The SMILES string of the molecule is C=CC[N+](C)(C)CC(O)CC(c1ccccc1)c1ccccc1. The second-order valence-corrected chi connectivity index (χ2v) is 6.85. The van der Waals surface area contributed by atoms with Gasteiger partial charge in [0.25, 0.3) is 0 Å². The molecule has 0 spiro atoms. The number of aliphatic hydroxyl groups is 1. The first kappa shape index (κ1) is 17.5. The molecule has 0 heterocycles. The summed E-state index contributed by atoms with van der Waals surface area (Å²) >= 11 is 0. The molecule has 1 unspecified atom stereocenters. The van der Waals surface area contributed by atoms with Gasteiger partial charge in [-0.1, -0.05) is 67.2 Å². The van der Waals surface area contributed by atoms with Gasteiger partial charge in [-0.2, -0.15) is 0 Å². The zero-order valence-corrected chi connectivity index (χ0v) is 14.2. The van der Waals surface area contributed by atoms with E-state index in [1.54, 1.807) is 0 Å². The molecule has 2 rings (SSSR count). The van der Waals surface area contributed by atoms with Crippen LogP contribution in [-0.2, 0) is 0 Å². The first-order chi connectivity index (χ1) is 11.0. The monoisotopic (exact) mass is 310 g/mol. The van der Waals surface area contributed by atoms with Gasteiger partial charge in [0.2, 0.25) is 0 Å². The highest BCUT2D eigenvalue weighted by atomic mass is 16.3. The molecule has 0 bridgehead atoms. The van der Waals surface area contributed by atoms with Crippen LogP contribution < -0.4 is 0 Å². The lowest BCUT2D eigenvalue weighted by molar-refractivity contribution is -0.887. The molecule has 0 aliphatic heterocycles. The number of rotatable bonds is 8. The Kier molecular flexibility index (Phi) is 6.14. The molecule has 0 amide bonds. The lowest BCUT2D eigenvalue weighted by Crippen LogP contribution is -2.45. The van der Waals surface area contributed by atoms with E-state index >= 15 is 0 Å². The molecule has 122 valence electrons. The fraction of sp³-hybridized carbons (Fsp3) is 0.333. The van der Waals surface area contributed by atoms with Crippen LogP contribution in [0.4, 0.5) is 0 Å². The summed E-state index contributed by atoms with van der Waals surface area (Å²) in [7, 11) is 4.26. The lowest BCUT2D eigenvalue weighted by Gasteiger charge is -2.32. The Hall–Kier alpha value is -1.90. The number of quaternary nitrogens is 1. The molecule has 0 fully saturated rings. The first-order valence-corrected chi connectivity index (χ1v) is 8.23. The number of aliphatic hydroxyl groups excluding tert-OH is 1. The summed E-state index contributed by atoms with van der Waals surface area (Å²) < 4.78 is 0.751. The molecule has 2 aromatic rings. The van der Waals surface area contributed by atoms with E-state index in [2.05, 4.69) is 69.2 Å². The number of benzene rings is 2.